The van der Waals surface area contributed by atoms with E-state index in [1.165, 1.54) is 17.7 Å². The van der Waals surface area contributed by atoms with Gasteiger partial charge >= 0.3 is 5.97 Å². The number of methoxy groups -OCH3 is 2. The quantitative estimate of drug-likeness (QED) is 0.479. The Bertz CT molecular complexity index is 1290. The van der Waals surface area contributed by atoms with Crippen molar-refractivity contribution < 1.29 is 19.0 Å². The monoisotopic (exact) mass is 424 g/mol. The third-order valence-corrected chi connectivity index (χ3v) is 5.86. The van der Waals surface area contributed by atoms with Crippen LogP contribution in [-0.4, -0.2) is 41.7 Å². The van der Waals surface area contributed by atoms with Gasteiger partial charge in [0.1, 0.15) is 17.0 Å². The molecule has 0 spiro atoms. The number of fused-ring (bicyclic) bond motifs is 3. The highest BCUT2D eigenvalue weighted by Gasteiger charge is 2.26. The van der Waals surface area contributed by atoms with E-state index in [1.807, 2.05) is 12.1 Å². The summed E-state index contributed by atoms with van der Waals surface area (Å²) in [5, 5.41) is 0.727. The van der Waals surface area contributed by atoms with Crippen LogP contribution in [0.2, 0.25) is 0 Å². The largest absolute Gasteiger partial charge is 0.493 e. The summed E-state index contributed by atoms with van der Waals surface area (Å²) in [5.41, 5.74) is 9.09. The molecule has 0 saturated carbocycles. The first kappa shape index (κ1) is 19.8. The number of benzene rings is 1. The van der Waals surface area contributed by atoms with E-state index in [2.05, 4.69) is 15.0 Å². The average Bonchev–Trinajstić information content (AvgIpc) is 3.11. The molecule has 3 heterocycles. The fraction of sp³-hybridized carbons (Fsp3) is 0.238. The third-order valence-electron chi connectivity index (χ3n) is 4.76. The number of aryl methyl sites for hydroxylation is 1. The van der Waals surface area contributed by atoms with Gasteiger partial charge in [-0.05, 0) is 31.5 Å². The van der Waals surface area contributed by atoms with Crippen molar-refractivity contribution in [3.8, 4) is 22.6 Å². The number of esters is 1. The molecule has 3 aromatic heterocycles. The molecule has 4 rings (SSSR count). The number of aromatic nitrogens is 3. The number of hydrogen-bond acceptors (Lipinski definition) is 9. The zero-order chi connectivity index (χ0) is 21.4. The molecule has 0 saturated heterocycles. The van der Waals surface area contributed by atoms with Gasteiger partial charge in [-0.15, -0.1) is 11.3 Å². The number of nitrogens with zero attached hydrogens (tertiary/aromatic N) is 3. The van der Waals surface area contributed by atoms with Gasteiger partial charge in [-0.2, -0.15) is 0 Å². The molecule has 0 bridgehead atoms. The second-order valence-corrected chi connectivity index (χ2v) is 7.46. The van der Waals surface area contributed by atoms with Crippen LogP contribution in [0.3, 0.4) is 0 Å². The van der Waals surface area contributed by atoms with Crippen LogP contribution in [0.1, 0.15) is 23.0 Å². The first-order chi connectivity index (χ1) is 14.5. The van der Waals surface area contributed by atoms with Crippen LogP contribution >= 0.6 is 11.3 Å². The number of carbonyl (C=O) groups is 1. The smallest absolute Gasteiger partial charge is 0.340 e. The number of carbonyl (C=O) groups excluding carboxylic acids is 1. The summed E-state index contributed by atoms with van der Waals surface area (Å²) in [4.78, 5) is 26.8. The summed E-state index contributed by atoms with van der Waals surface area (Å²) in [5.74, 6) is 1.05. The molecule has 0 atom stereocenters. The second-order valence-electron chi connectivity index (χ2n) is 6.46. The van der Waals surface area contributed by atoms with Crippen molar-refractivity contribution in [2.45, 2.75) is 13.8 Å². The lowest BCUT2D eigenvalue weighted by molar-refractivity contribution is 0.0526. The van der Waals surface area contributed by atoms with Crippen LogP contribution in [0, 0.1) is 6.92 Å². The van der Waals surface area contributed by atoms with Crippen molar-refractivity contribution in [2.75, 3.05) is 26.6 Å². The molecule has 1 aromatic carbocycles. The highest BCUT2D eigenvalue weighted by molar-refractivity contribution is 7.26. The van der Waals surface area contributed by atoms with Crippen LogP contribution in [-0.2, 0) is 4.74 Å². The van der Waals surface area contributed by atoms with Gasteiger partial charge in [-0.25, -0.2) is 19.7 Å². The normalized spacial score (nSPS) is 11.1. The van der Waals surface area contributed by atoms with Gasteiger partial charge in [-0.1, -0.05) is 6.07 Å². The zero-order valence-corrected chi connectivity index (χ0v) is 17.8. The predicted octanol–water partition coefficient (Wildman–Crippen LogP) is 3.99. The molecule has 0 unspecified atom stereocenters. The molecular weight excluding hydrogens is 404 g/mol. The minimum Gasteiger partial charge on any atom is -0.493 e. The van der Waals surface area contributed by atoms with Crippen molar-refractivity contribution in [1.82, 2.24) is 15.0 Å². The van der Waals surface area contributed by atoms with E-state index in [-0.39, 0.29) is 6.61 Å². The average molecular weight is 424 g/mol. The van der Waals surface area contributed by atoms with Crippen molar-refractivity contribution >= 4 is 43.6 Å². The Morgan fingerprint density at radius 2 is 1.93 bits per heavy atom. The highest BCUT2D eigenvalue weighted by atomic mass is 32.1. The van der Waals surface area contributed by atoms with Gasteiger partial charge in [0.25, 0.3) is 0 Å². The number of nitrogen functional groups attached to an aromatic ring is 1. The summed E-state index contributed by atoms with van der Waals surface area (Å²) in [6.07, 6.45) is 1.41. The van der Waals surface area contributed by atoms with Gasteiger partial charge in [-0.3, -0.25) is 0 Å². The minimum atomic E-state index is -0.449. The fourth-order valence-electron chi connectivity index (χ4n) is 3.47. The predicted molar refractivity (Wildman–Crippen MR) is 116 cm³/mol. The van der Waals surface area contributed by atoms with E-state index in [0.717, 1.165) is 15.6 Å². The number of hydrogen-bond donors (Lipinski definition) is 1. The van der Waals surface area contributed by atoms with E-state index in [1.54, 1.807) is 34.1 Å². The Morgan fingerprint density at radius 1 is 1.17 bits per heavy atom. The molecule has 0 amide bonds. The maximum absolute atomic E-state index is 12.9. The van der Waals surface area contributed by atoms with Crippen LogP contribution in [0.5, 0.6) is 11.5 Å². The standard InChI is InChI=1S/C21H20N4O4S/c1-5-29-21(26)14-10(2)25-20-16(17-18(30-20)19(22)24-9-23-17)15(14)11-6-7-12(27-3)13(8-11)28-4/h6-9H,5H2,1-4H3,(H2,22,23,24). The Labute approximate surface area is 176 Å². The molecule has 30 heavy (non-hydrogen) atoms. The van der Waals surface area contributed by atoms with E-state index < -0.39 is 5.97 Å². The first-order valence-corrected chi connectivity index (χ1v) is 10.0. The topological polar surface area (TPSA) is 109 Å². The van der Waals surface area contributed by atoms with Crippen LogP contribution < -0.4 is 15.2 Å². The zero-order valence-electron chi connectivity index (χ0n) is 17.0. The lowest BCUT2D eigenvalue weighted by Crippen LogP contribution is -2.10. The van der Waals surface area contributed by atoms with Crippen molar-refractivity contribution in [1.29, 1.82) is 0 Å². The van der Waals surface area contributed by atoms with E-state index in [0.29, 0.717) is 44.5 Å². The number of thiophene rings is 1. The number of ether oxygens (including phenoxy) is 3. The number of anilines is 1. The third kappa shape index (κ3) is 3.07. The van der Waals surface area contributed by atoms with Gasteiger partial charge < -0.3 is 19.9 Å². The summed E-state index contributed by atoms with van der Waals surface area (Å²) in [7, 11) is 3.14. The maximum Gasteiger partial charge on any atom is 0.340 e. The summed E-state index contributed by atoms with van der Waals surface area (Å²) in [6.45, 7) is 3.81. The SMILES string of the molecule is CCOC(=O)c1c(C)nc2sc3c(N)ncnc3c2c1-c1ccc(OC)c(OC)c1. The lowest BCUT2D eigenvalue weighted by atomic mass is 9.95. The Balaban J connectivity index is 2.16. The Morgan fingerprint density at radius 3 is 2.63 bits per heavy atom. The molecule has 0 radical (unpaired) electrons. The molecule has 8 nitrogen and oxygen atoms in total. The highest BCUT2D eigenvalue weighted by Crippen LogP contribution is 2.44. The molecule has 2 N–H and O–H groups in total. The summed E-state index contributed by atoms with van der Waals surface area (Å²) in [6, 6.07) is 5.48. The summed E-state index contributed by atoms with van der Waals surface area (Å²) >= 11 is 1.39. The molecular formula is C21H20N4O4S. The van der Waals surface area contributed by atoms with Gasteiger partial charge in [0.2, 0.25) is 0 Å². The van der Waals surface area contributed by atoms with Gasteiger partial charge in [0.05, 0.1) is 42.3 Å². The maximum atomic E-state index is 12.9. The Kier molecular flexibility index (Phi) is 5.13. The van der Waals surface area contributed by atoms with E-state index in [4.69, 9.17) is 19.9 Å². The Hall–Kier alpha value is -3.46. The lowest BCUT2D eigenvalue weighted by Gasteiger charge is -2.15. The molecule has 0 aliphatic heterocycles. The molecule has 9 heteroatoms. The minimum absolute atomic E-state index is 0.251. The molecule has 0 aliphatic carbocycles. The van der Waals surface area contributed by atoms with Gasteiger partial charge in [0.15, 0.2) is 11.5 Å². The van der Waals surface area contributed by atoms with E-state index in [9.17, 15) is 4.79 Å². The van der Waals surface area contributed by atoms with Crippen molar-refractivity contribution in [3.63, 3.8) is 0 Å². The van der Waals surface area contributed by atoms with Crippen molar-refractivity contribution in [2.24, 2.45) is 0 Å². The number of rotatable bonds is 5. The molecule has 4 aromatic rings. The van der Waals surface area contributed by atoms with E-state index >= 15 is 0 Å². The number of pyridine rings is 1. The van der Waals surface area contributed by atoms with Gasteiger partial charge in [0, 0.05) is 10.9 Å². The molecule has 154 valence electrons. The molecule has 0 fully saturated rings. The second kappa shape index (κ2) is 7.75. The van der Waals surface area contributed by atoms with Crippen molar-refractivity contribution in [3.05, 3.63) is 35.8 Å². The first-order valence-electron chi connectivity index (χ1n) is 9.22. The fourth-order valence-corrected chi connectivity index (χ4v) is 4.55. The molecule has 0 aliphatic rings. The summed E-state index contributed by atoms with van der Waals surface area (Å²) < 4.78 is 16.9. The van der Waals surface area contributed by atoms with Crippen LogP contribution in [0.25, 0.3) is 31.6 Å². The van der Waals surface area contributed by atoms with Crippen LogP contribution in [0.15, 0.2) is 24.5 Å². The van der Waals surface area contributed by atoms with Crippen LogP contribution in [0.4, 0.5) is 5.82 Å². The number of nitrogens with two attached hydrogens (primary N) is 1.